The van der Waals surface area contributed by atoms with Crippen molar-refractivity contribution in [2.45, 2.75) is 65.5 Å². The summed E-state index contributed by atoms with van der Waals surface area (Å²) in [5.41, 5.74) is -2.32. The molecular formula is C14H23NO3. The Morgan fingerprint density at radius 3 is 2.11 bits per heavy atom. The molecule has 102 valence electrons. The lowest BCUT2D eigenvalue weighted by molar-refractivity contribution is -0.169. The number of esters is 1. The van der Waals surface area contributed by atoms with Crippen LogP contribution in [0.4, 0.5) is 0 Å². The first kappa shape index (κ1) is 13.4. The minimum Gasteiger partial charge on any atom is -0.448 e. The molecule has 18 heavy (non-hydrogen) atoms. The lowest BCUT2D eigenvalue weighted by Gasteiger charge is -2.37. The Bertz CT molecular complexity index is 421. The number of hydrogen-bond acceptors (Lipinski definition) is 3. The van der Waals surface area contributed by atoms with E-state index in [2.05, 4.69) is 5.32 Å². The van der Waals surface area contributed by atoms with Crippen LogP contribution >= 0.6 is 0 Å². The first-order valence-corrected chi connectivity index (χ1v) is 6.52. The number of hydrogen-bond donors (Lipinski definition) is 1. The Hall–Kier alpha value is -1.06. The van der Waals surface area contributed by atoms with E-state index in [4.69, 9.17) is 4.74 Å². The first-order valence-electron chi connectivity index (χ1n) is 6.52. The summed E-state index contributed by atoms with van der Waals surface area (Å²) in [7, 11) is 0. The zero-order valence-corrected chi connectivity index (χ0v) is 12.1. The maximum absolute atomic E-state index is 12.6. The summed E-state index contributed by atoms with van der Waals surface area (Å²) in [6.45, 7) is 11.6. The van der Waals surface area contributed by atoms with Crippen LogP contribution in [0.3, 0.4) is 0 Å². The molecule has 4 nitrogen and oxygen atoms in total. The normalized spacial score (nSPS) is 37.6. The van der Waals surface area contributed by atoms with E-state index in [1.54, 1.807) is 0 Å². The van der Waals surface area contributed by atoms with Gasteiger partial charge in [-0.2, -0.15) is 0 Å². The smallest absolute Gasteiger partial charge is 0.313 e. The molecule has 0 spiro atoms. The Morgan fingerprint density at radius 1 is 1.22 bits per heavy atom. The van der Waals surface area contributed by atoms with E-state index in [9.17, 15) is 9.59 Å². The monoisotopic (exact) mass is 253 g/mol. The van der Waals surface area contributed by atoms with Gasteiger partial charge < -0.3 is 10.1 Å². The van der Waals surface area contributed by atoms with Gasteiger partial charge in [0.15, 0.2) is 5.60 Å². The van der Waals surface area contributed by atoms with Crippen molar-refractivity contribution < 1.29 is 14.3 Å². The number of carbonyl (C=O) groups is 2. The second-order valence-corrected chi connectivity index (χ2v) is 7.38. The second-order valence-electron chi connectivity index (χ2n) is 7.38. The van der Waals surface area contributed by atoms with Gasteiger partial charge in [-0.05, 0) is 40.5 Å². The van der Waals surface area contributed by atoms with Crippen LogP contribution in [0.5, 0.6) is 0 Å². The largest absolute Gasteiger partial charge is 0.448 e. The highest BCUT2D eigenvalue weighted by Gasteiger charge is 2.75. The summed E-state index contributed by atoms with van der Waals surface area (Å²) in [6.07, 6.45) is 1.33. The van der Waals surface area contributed by atoms with E-state index in [1.165, 1.54) is 0 Å². The molecule has 1 aliphatic carbocycles. The fourth-order valence-electron chi connectivity index (χ4n) is 3.19. The van der Waals surface area contributed by atoms with Crippen LogP contribution in [0, 0.1) is 10.8 Å². The maximum Gasteiger partial charge on any atom is 0.313 e. The summed E-state index contributed by atoms with van der Waals surface area (Å²) >= 11 is 0. The highest BCUT2D eigenvalue weighted by atomic mass is 16.6. The van der Waals surface area contributed by atoms with Crippen LogP contribution in [0.2, 0.25) is 0 Å². The van der Waals surface area contributed by atoms with Gasteiger partial charge in [0.25, 0.3) is 5.91 Å². The molecular weight excluding hydrogens is 230 g/mol. The van der Waals surface area contributed by atoms with Crippen molar-refractivity contribution in [2.24, 2.45) is 10.8 Å². The number of amides is 1. The number of nitrogens with one attached hydrogen (secondary N) is 1. The van der Waals surface area contributed by atoms with E-state index in [-0.39, 0.29) is 17.4 Å². The lowest BCUT2D eigenvalue weighted by atomic mass is 9.66. The van der Waals surface area contributed by atoms with Gasteiger partial charge in [0.1, 0.15) is 0 Å². The van der Waals surface area contributed by atoms with Gasteiger partial charge in [0.2, 0.25) is 0 Å². The molecule has 2 atom stereocenters. The second kappa shape index (κ2) is 3.28. The van der Waals surface area contributed by atoms with Gasteiger partial charge in [0, 0.05) is 11.0 Å². The summed E-state index contributed by atoms with van der Waals surface area (Å²) in [5, 5.41) is 2.96. The Labute approximate surface area is 108 Å². The van der Waals surface area contributed by atoms with E-state index >= 15 is 0 Å². The molecule has 0 aromatic rings. The molecule has 2 rings (SSSR count). The van der Waals surface area contributed by atoms with E-state index in [1.807, 2.05) is 41.5 Å². The molecule has 1 N–H and O–H groups in total. The number of rotatable bonds is 1. The topological polar surface area (TPSA) is 55.4 Å². The van der Waals surface area contributed by atoms with Gasteiger partial charge in [-0.1, -0.05) is 13.8 Å². The molecule has 4 heteroatoms. The highest BCUT2D eigenvalue weighted by molar-refractivity contribution is 5.96. The highest BCUT2D eigenvalue weighted by Crippen LogP contribution is 2.65. The minimum atomic E-state index is -0.994. The molecule has 1 saturated carbocycles. The molecule has 0 aromatic heterocycles. The van der Waals surface area contributed by atoms with Crippen molar-refractivity contribution in [3.63, 3.8) is 0 Å². The standard InChI is InChI=1S/C14H23NO3/c1-11(2,3)15-9(16)14-8-7-13(6,10(17)18-14)12(14,4)5/h7-8H2,1-6H3,(H,15,16)/t13-,14+/m0/s1. The Kier molecular flexibility index (Phi) is 2.44. The van der Waals surface area contributed by atoms with Crippen molar-refractivity contribution in [1.82, 2.24) is 5.32 Å². The predicted octanol–water partition coefficient (Wildman–Crippen LogP) is 2.02. The van der Waals surface area contributed by atoms with Crippen molar-refractivity contribution in [3.05, 3.63) is 0 Å². The lowest BCUT2D eigenvalue weighted by Crippen LogP contribution is -2.57. The van der Waals surface area contributed by atoms with Gasteiger partial charge in [0.05, 0.1) is 5.41 Å². The molecule has 1 heterocycles. The van der Waals surface area contributed by atoms with E-state index < -0.39 is 16.4 Å². The zero-order valence-electron chi connectivity index (χ0n) is 12.1. The fourth-order valence-corrected chi connectivity index (χ4v) is 3.19. The van der Waals surface area contributed by atoms with Gasteiger partial charge >= 0.3 is 5.97 Å². The molecule has 2 aliphatic rings. The summed E-state index contributed by atoms with van der Waals surface area (Å²) in [6, 6.07) is 0. The maximum atomic E-state index is 12.6. The quantitative estimate of drug-likeness (QED) is 0.727. The molecule has 0 aromatic carbocycles. The van der Waals surface area contributed by atoms with Crippen LogP contribution in [0.15, 0.2) is 0 Å². The van der Waals surface area contributed by atoms with Crippen molar-refractivity contribution in [1.29, 1.82) is 0 Å². The summed E-state index contributed by atoms with van der Waals surface area (Å²) < 4.78 is 5.52. The minimum absolute atomic E-state index is 0.158. The predicted molar refractivity (Wildman–Crippen MR) is 67.8 cm³/mol. The molecule has 0 unspecified atom stereocenters. The fraction of sp³-hybridized carbons (Fsp3) is 0.857. The summed E-state index contributed by atoms with van der Waals surface area (Å²) in [4.78, 5) is 24.6. The van der Waals surface area contributed by atoms with E-state index in [0.717, 1.165) is 6.42 Å². The molecule has 2 fully saturated rings. The molecule has 1 amide bonds. The van der Waals surface area contributed by atoms with Crippen molar-refractivity contribution in [3.8, 4) is 0 Å². The van der Waals surface area contributed by atoms with Crippen molar-refractivity contribution >= 4 is 11.9 Å². The summed E-state index contributed by atoms with van der Waals surface area (Å²) in [5.74, 6) is -0.391. The van der Waals surface area contributed by atoms with Crippen LogP contribution in [0.25, 0.3) is 0 Å². The molecule has 2 bridgehead atoms. The molecule has 0 radical (unpaired) electrons. The third-order valence-corrected chi connectivity index (χ3v) is 4.94. The molecule has 1 aliphatic heterocycles. The van der Waals surface area contributed by atoms with Crippen LogP contribution in [-0.4, -0.2) is 23.0 Å². The average molecular weight is 253 g/mol. The Balaban J connectivity index is 2.39. The van der Waals surface area contributed by atoms with Gasteiger partial charge in [-0.25, -0.2) is 0 Å². The van der Waals surface area contributed by atoms with E-state index in [0.29, 0.717) is 6.42 Å². The molecule has 1 saturated heterocycles. The van der Waals surface area contributed by atoms with Crippen LogP contribution in [-0.2, 0) is 14.3 Å². The SMILES string of the molecule is CC(C)(C)NC(=O)[C@@]12CC[C@@](C)(C(=O)O1)C2(C)C. The third-order valence-electron chi connectivity index (χ3n) is 4.94. The zero-order chi connectivity index (χ0) is 14.0. The Morgan fingerprint density at radius 2 is 1.78 bits per heavy atom. The average Bonchev–Trinajstić information content (AvgIpc) is 2.45. The van der Waals surface area contributed by atoms with Crippen LogP contribution < -0.4 is 5.32 Å². The number of fused-ring (bicyclic) bond motifs is 2. The van der Waals surface area contributed by atoms with Crippen LogP contribution in [0.1, 0.15) is 54.4 Å². The van der Waals surface area contributed by atoms with Gasteiger partial charge in [-0.3, -0.25) is 9.59 Å². The first-order chi connectivity index (χ1) is 7.96. The van der Waals surface area contributed by atoms with Gasteiger partial charge in [-0.15, -0.1) is 0 Å². The number of carbonyl (C=O) groups excluding carboxylic acids is 2. The number of ether oxygens (including phenoxy) is 1. The van der Waals surface area contributed by atoms with Crippen molar-refractivity contribution in [2.75, 3.05) is 0 Å². The third kappa shape index (κ3) is 1.38.